The molecule has 0 aromatic heterocycles. The van der Waals surface area contributed by atoms with Crippen LogP contribution in [0.2, 0.25) is 0 Å². The Balaban J connectivity index is 1.98. The minimum absolute atomic E-state index is 0.277. The molecular weight excluding hydrogens is 324 g/mol. The molecular formula is C16H17F2NO3S. The van der Waals surface area contributed by atoms with E-state index < -0.39 is 22.5 Å². The summed E-state index contributed by atoms with van der Waals surface area (Å²) < 4.78 is 57.0. The van der Waals surface area contributed by atoms with Crippen molar-refractivity contribution >= 4 is 10.0 Å². The minimum atomic E-state index is -3.67. The predicted octanol–water partition coefficient (Wildman–Crippen LogP) is 2.91. The molecule has 0 saturated heterocycles. The van der Waals surface area contributed by atoms with Crippen LogP contribution in [-0.2, 0) is 22.6 Å². The zero-order valence-electron chi connectivity index (χ0n) is 12.5. The van der Waals surface area contributed by atoms with Crippen LogP contribution < -0.4 is 9.46 Å². The van der Waals surface area contributed by atoms with Crippen molar-refractivity contribution in [2.75, 3.05) is 12.8 Å². The molecule has 0 heterocycles. The Morgan fingerprint density at radius 2 is 1.65 bits per heavy atom. The van der Waals surface area contributed by atoms with Crippen molar-refractivity contribution in [3.8, 4) is 5.75 Å². The lowest BCUT2D eigenvalue weighted by molar-refractivity contribution is 0.00209. The molecule has 1 N–H and O–H groups in total. The van der Waals surface area contributed by atoms with E-state index in [4.69, 9.17) is 4.74 Å². The van der Waals surface area contributed by atoms with Crippen LogP contribution in [0, 0.1) is 0 Å². The monoisotopic (exact) mass is 341 g/mol. The SMILES string of the molecule is CS(=O)(=O)NCC(F)(F)c1ccc(OCc2ccccc2)cc1. The van der Waals surface area contributed by atoms with Crippen LogP contribution >= 0.6 is 0 Å². The van der Waals surface area contributed by atoms with E-state index in [-0.39, 0.29) is 5.56 Å². The number of halogens is 2. The van der Waals surface area contributed by atoms with Crippen LogP contribution in [0.3, 0.4) is 0 Å². The first-order chi connectivity index (χ1) is 10.8. The molecule has 0 aliphatic carbocycles. The highest BCUT2D eigenvalue weighted by Crippen LogP contribution is 2.29. The van der Waals surface area contributed by atoms with Crippen LogP contribution in [0.1, 0.15) is 11.1 Å². The van der Waals surface area contributed by atoms with Crippen LogP contribution in [0.5, 0.6) is 5.75 Å². The Bertz CT molecular complexity index is 732. The van der Waals surface area contributed by atoms with Crippen molar-refractivity contribution in [1.82, 2.24) is 4.72 Å². The first kappa shape index (κ1) is 17.4. The van der Waals surface area contributed by atoms with Gasteiger partial charge in [-0.1, -0.05) is 30.3 Å². The number of ether oxygens (including phenoxy) is 1. The molecule has 0 atom stereocenters. The molecule has 0 aliphatic rings. The minimum Gasteiger partial charge on any atom is -0.489 e. The Morgan fingerprint density at radius 3 is 2.22 bits per heavy atom. The lowest BCUT2D eigenvalue weighted by Gasteiger charge is -2.17. The molecule has 0 amide bonds. The molecule has 0 saturated carbocycles. The molecule has 2 aromatic carbocycles. The first-order valence-corrected chi connectivity index (χ1v) is 8.75. The molecule has 0 spiro atoms. The summed E-state index contributed by atoms with van der Waals surface area (Å²) in [7, 11) is -3.67. The van der Waals surface area contributed by atoms with Crippen molar-refractivity contribution in [2.45, 2.75) is 12.5 Å². The second-order valence-electron chi connectivity index (χ2n) is 5.10. The third-order valence-electron chi connectivity index (χ3n) is 3.08. The summed E-state index contributed by atoms with van der Waals surface area (Å²) >= 11 is 0. The Kier molecular flexibility index (Phi) is 5.33. The number of benzene rings is 2. The summed E-state index contributed by atoms with van der Waals surface area (Å²) in [5.74, 6) is -2.83. The average molecular weight is 341 g/mol. The Morgan fingerprint density at radius 1 is 1.04 bits per heavy atom. The van der Waals surface area contributed by atoms with Gasteiger partial charge in [0.25, 0.3) is 5.92 Å². The standard InChI is InChI=1S/C16H17F2NO3S/c1-23(20,21)19-12-16(17,18)14-7-9-15(10-8-14)22-11-13-5-3-2-4-6-13/h2-10,19H,11-12H2,1H3. The van der Waals surface area contributed by atoms with E-state index >= 15 is 0 Å². The summed E-state index contributed by atoms with van der Waals surface area (Å²) in [6.07, 6.45) is 0.837. The van der Waals surface area contributed by atoms with Crippen molar-refractivity contribution in [3.63, 3.8) is 0 Å². The van der Waals surface area contributed by atoms with E-state index in [0.717, 1.165) is 11.8 Å². The van der Waals surface area contributed by atoms with Crippen LogP contribution in [-0.4, -0.2) is 21.2 Å². The third-order valence-corrected chi connectivity index (χ3v) is 3.75. The number of nitrogens with one attached hydrogen (secondary N) is 1. The number of hydrogen-bond acceptors (Lipinski definition) is 3. The maximum Gasteiger partial charge on any atom is 0.286 e. The van der Waals surface area contributed by atoms with Crippen LogP contribution in [0.4, 0.5) is 8.78 Å². The third kappa shape index (κ3) is 5.61. The molecule has 0 aliphatic heterocycles. The van der Waals surface area contributed by atoms with E-state index in [2.05, 4.69) is 0 Å². The van der Waals surface area contributed by atoms with Gasteiger partial charge in [0.1, 0.15) is 12.4 Å². The predicted molar refractivity (Wildman–Crippen MR) is 84.0 cm³/mol. The van der Waals surface area contributed by atoms with Gasteiger partial charge in [-0.05, 0) is 29.8 Å². The van der Waals surface area contributed by atoms with E-state index in [1.54, 1.807) is 0 Å². The zero-order chi connectivity index (χ0) is 16.9. The van der Waals surface area contributed by atoms with Crippen molar-refractivity contribution in [2.24, 2.45) is 0 Å². The van der Waals surface area contributed by atoms with Crippen LogP contribution in [0.25, 0.3) is 0 Å². The molecule has 2 rings (SSSR count). The molecule has 23 heavy (non-hydrogen) atoms. The number of alkyl halides is 2. The van der Waals surface area contributed by atoms with Gasteiger partial charge in [0.15, 0.2) is 0 Å². The second kappa shape index (κ2) is 7.06. The lowest BCUT2D eigenvalue weighted by Crippen LogP contribution is -2.34. The zero-order valence-corrected chi connectivity index (χ0v) is 13.3. The normalized spacial score (nSPS) is 12.1. The highest BCUT2D eigenvalue weighted by molar-refractivity contribution is 7.88. The molecule has 0 unspecified atom stereocenters. The summed E-state index contributed by atoms with van der Waals surface area (Å²) in [5, 5.41) is 0. The summed E-state index contributed by atoms with van der Waals surface area (Å²) in [5.41, 5.74) is 0.694. The van der Waals surface area contributed by atoms with Crippen molar-refractivity contribution < 1.29 is 21.9 Å². The number of sulfonamides is 1. The van der Waals surface area contributed by atoms with Crippen molar-refractivity contribution in [1.29, 1.82) is 0 Å². The van der Waals surface area contributed by atoms with Gasteiger partial charge in [-0.3, -0.25) is 0 Å². The van der Waals surface area contributed by atoms with E-state index in [1.807, 2.05) is 35.1 Å². The quantitative estimate of drug-likeness (QED) is 0.842. The van der Waals surface area contributed by atoms with Gasteiger partial charge in [0.05, 0.1) is 12.8 Å². The fourth-order valence-corrected chi connectivity index (χ4v) is 2.30. The highest BCUT2D eigenvalue weighted by Gasteiger charge is 2.32. The maximum absolute atomic E-state index is 13.9. The molecule has 4 nitrogen and oxygen atoms in total. The van der Waals surface area contributed by atoms with Gasteiger partial charge >= 0.3 is 0 Å². The van der Waals surface area contributed by atoms with Gasteiger partial charge in [-0.15, -0.1) is 0 Å². The molecule has 0 radical (unpaired) electrons. The fraction of sp³-hybridized carbons (Fsp3) is 0.250. The first-order valence-electron chi connectivity index (χ1n) is 6.86. The molecule has 124 valence electrons. The maximum atomic E-state index is 13.9. The van der Waals surface area contributed by atoms with Gasteiger partial charge in [0, 0.05) is 5.56 Å². The number of rotatable bonds is 7. The topological polar surface area (TPSA) is 55.4 Å². The highest BCUT2D eigenvalue weighted by atomic mass is 32.2. The molecule has 0 fully saturated rings. The average Bonchev–Trinajstić information content (AvgIpc) is 2.52. The van der Waals surface area contributed by atoms with Gasteiger partial charge in [-0.2, -0.15) is 8.78 Å². The molecule has 2 aromatic rings. The Labute approximate surface area is 134 Å². The van der Waals surface area contributed by atoms with Crippen LogP contribution in [0.15, 0.2) is 54.6 Å². The molecule has 7 heteroatoms. The summed E-state index contributed by atoms with van der Waals surface area (Å²) in [6, 6.07) is 14.8. The second-order valence-corrected chi connectivity index (χ2v) is 6.93. The largest absolute Gasteiger partial charge is 0.489 e. The number of hydrogen-bond donors (Lipinski definition) is 1. The smallest absolute Gasteiger partial charge is 0.286 e. The van der Waals surface area contributed by atoms with Crippen molar-refractivity contribution in [3.05, 3.63) is 65.7 Å². The summed E-state index contributed by atoms with van der Waals surface area (Å²) in [4.78, 5) is 0. The van der Waals surface area contributed by atoms with E-state index in [1.165, 1.54) is 24.3 Å². The Hall–Kier alpha value is -1.99. The van der Waals surface area contributed by atoms with E-state index in [0.29, 0.717) is 12.4 Å². The lowest BCUT2D eigenvalue weighted by atomic mass is 10.1. The van der Waals surface area contributed by atoms with Gasteiger partial charge in [0.2, 0.25) is 10.0 Å². The van der Waals surface area contributed by atoms with Gasteiger partial charge < -0.3 is 4.74 Å². The summed E-state index contributed by atoms with van der Waals surface area (Å²) in [6.45, 7) is -0.637. The fourth-order valence-electron chi connectivity index (χ4n) is 1.86. The van der Waals surface area contributed by atoms with E-state index in [9.17, 15) is 17.2 Å². The van der Waals surface area contributed by atoms with Gasteiger partial charge in [-0.25, -0.2) is 13.1 Å². The molecule has 0 bridgehead atoms.